The van der Waals surface area contributed by atoms with E-state index in [9.17, 15) is 0 Å². The Labute approximate surface area is 251 Å². The lowest BCUT2D eigenvalue weighted by Gasteiger charge is -2.13. The van der Waals surface area contributed by atoms with E-state index in [4.69, 9.17) is 15.0 Å². The Morgan fingerprint density at radius 3 is 1.44 bits per heavy atom. The zero-order valence-corrected chi connectivity index (χ0v) is 23.8. The minimum absolute atomic E-state index is 0.666. The molecule has 9 rings (SSSR count). The predicted octanol–water partition coefficient (Wildman–Crippen LogP) is 10.7. The van der Waals surface area contributed by atoms with Crippen molar-refractivity contribution in [3.8, 4) is 34.2 Å². The van der Waals surface area contributed by atoms with E-state index in [1.165, 1.54) is 52.5 Å². The number of thiophene rings is 1. The molecule has 43 heavy (non-hydrogen) atoms. The lowest BCUT2D eigenvalue weighted by Crippen LogP contribution is -2.00. The second kappa shape index (κ2) is 9.55. The lowest BCUT2D eigenvalue weighted by molar-refractivity contribution is 1.07. The number of aromatic nitrogens is 3. The van der Waals surface area contributed by atoms with E-state index in [0.29, 0.717) is 17.5 Å². The summed E-state index contributed by atoms with van der Waals surface area (Å²) in [7, 11) is 0. The number of rotatable bonds is 3. The molecule has 0 N–H and O–H groups in total. The van der Waals surface area contributed by atoms with Gasteiger partial charge in [-0.2, -0.15) is 0 Å². The van der Waals surface area contributed by atoms with Gasteiger partial charge in [-0.15, -0.1) is 11.3 Å². The van der Waals surface area contributed by atoms with Crippen molar-refractivity contribution in [2.45, 2.75) is 0 Å². The van der Waals surface area contributed by atoms with Gasteiger partial charge in [0, 0.05) is 36.9 Å². The SMILES string of the molecule is c1ccc(-c2nc(-c3ccccc3)nc(-c3ccc4c(c3)c3ccccc3c3cc5c(cc43)sc3ccccc35)n2)cc1. The first-order chi connectivity index (χ1) is 21.3. The highest BCUT2D eigenvalue weighted by atomic mass is 32.1. The first-order valence-corrected chi connectivity index (χ1v) is 15.2. The summed E-state index contributed by atoms with van der Waals surface area (Å²) in [5.41, 5.74) is 2.90. The third-order valence-electron chi connectivity index (χ3n) is 8.29. The highest BCUT2D eigenvalue weighted by Crippen LogP contribution is 2.42. The van der Waals surface area contributed by atoms with E-state index in [2.05, 4.69) is 78.9 Å². The van der Waals surface area contributed by atoms with E-state index in [1.54, 1.807) is 0 Å². The fourth-order valence-corrected chi connectivity index (χ4v) is 7.38. The van der Waals surface area contributed by atoms with Gasteiger partial charge in [0.1, 0.15) is 0 Å². The first-order valence-electron chi connectivity index (χ1n) is 14.4. The van der Waals surface area contributed by atoms with E-state index >= 15 is 0 Å². The Morgan fingerprint density at radius 1 is 0.302 bits per heavy atom. The summed E-state index contributed by atoms with van der Waals surface area (Å²) >= 11 is 1.86. The Morgan fingerprint density at radius 2 is 0.791 bits per heavy atom. The van der Waals surface area contributed by atoms with Crippen LogP contribution >= 0.6 is 11.3 Å². The second-order valence-corrected chi connectivity index (χ2v) is 11.9. The molecule has 0 aliphatic rings. The number of nitrogens with zero attached hydrogens (tertiary/aromatic N) is 3. The molecule has 0 radical (unpaired) electrons. The third-order valence-corrected chi connectivity index (χ3v) is 9.43. The molecule has 0 saturated carbocycles. The number of hydrogen-bond acceptors (Lipinski definition) is 4. The molecule has 3 nitrogen and oxygen atoms in total. The number of benzene rings is 7. The van der Waals surface area contributed by atoms with Gasteiger partial charge in [0.2, 0.25) is 0 Å². The summed E-state index contributed by atoms with van der Waals surface area (Å²) < 4.78 is 2.63. The minimum Gasteiger partial charge on any atom is -0.208 e. The molecule has 0 aliphatic heterocycles. The maximum atomic E-state index is 4.99. The Kier molecular flexibility index (Phi) is 5.37. The van der Waals surface area contributed by atoms with Crippen LogP contribution in [-0.4, -0.2) is 15.0 Å². The minimum atomic E-state index is 0.666. The predicted molar refractivity (Wildman–Crippen MR) is 182 cm³/mol. The van der Waals surface area contributed by atoms with Crippen LogP contribution in [-0.2, 0) is 0 Å². The Bertz CT molecular complexity index is 2440. The molecular formula is C39H23N3S. The Balaban J connectivity index is 1.32. The summed E-state index contributed by atoms with van der Waals surface area (Å²) in [6, 6.07) is 49.1. The largest absolute Gasteiger partial charge is 0.208 e. The fraction of sp³-hybridized carbons (Fsp3) is 0. The van der Waals surface area contributed by atoms with E-state index < -0.39 is 0 Å². The first kappa shape index (κ1) is 24.2. The fourth-order valence-electron chi connectivity index (χ4n) is 6.25. The highest BCUT2D eigenvalue weighted by Gasteiger charge is 2.16. The summed E-state index contributed by atoms with van der Waals surface area (Å²) in [4.78, 5) is 14.9. The second-order valence-electron chi connectivity index (χ2n) is 10.8. The van der Waals surface area contributed by atoms with E-state index in [1.807, 2.05) is 72.0 Å². The maximum Gasteiger partial charge on any atom is 0.164 e. The smallest absolute Gasteiger partial charge is 0.164 e. The van der Waals surface area contributed by atoms with Crippen molar-refractivity contribution in [1.82, 2.24) is 15.0 Å². The number of hydrogen-bond donors (Lipinski definition) is 0. The van der Waals surface area contributed by atoms with Gasteiger partial charge in [-0.25, -0.2) is 15.0 Å². The van der Waals surface area contributed by atoms with Crippen LogP contribution in [0.3, 0.4) is 0 Å². The van der Waals surface area contributed by atoms with Crippen LogP contribution in [0.5, 0.6) is 0 Å². The molecule has 7 aromatic carbocycles. The molecule has 0 saturated heterocycles. The summed E-state index contributed by atoms with van der Waals surface area (Å²) in [5, 5.41) is 10.1. The van der Waals surface area contributed by atoms with Crippen LogP contribution in [0.1, 0.15) is 0 Å². The topological polar surface area (TPSA) is 38.7 Å². The van der Waals surface area contributed by atoms with Gasteiger partial charge in [0.25, 0.3) is 0 Å². The summed E-state index contributed by atoms with van der Waals surface area (Å²) in [6.45, 7) is 0. The molecule has 0 bridgehead atoms. The molecule has 0 aliphatic carbocycles. The lowest BCUT2D eigenvalue weighted by atomic mass is 9.92. The average Bonchev–Trinajstić information content (AvgIpc) is 3.45. The molecule has 0 unspecified atom stereocenters. The maximum absolute atomic E-state index is 4.99. The van der Waals surface area contributed by atoms with E-state index in [-0.39, 0.29) is 0 Å². The van der Waals surface area contributed by atoms with Crippen molar-refractivity contribution >= 4 is 63.8 Å². The van der Waals surface area contributed by atoms with Gasteiger partial charge < -0.3 is 0 Å². The summed E-state index contributed by atoms with van der Waals surface area (Å²) in [5.74, 6) is 2.00. The molecule has 0 atom stereocenters. The van der Waals surface area contributed by atoms with Crippen molar-refractivity contribution in [3.05, 3.63) is 140 Å². The molecule has 9 aromatic rings. The van der Waals surface area contributed by atoms with Gasteiger partial charge in [-0.3, -0.25) is 0 Å². The highest BCUT2D eigenvalue weighted by molar-refractivity contribution is 7.25. The molecule has 2 aromatic heterocycles. The molecule has 0 amide bonds. The van der Waals surface area contributed by atoms with Gasteiger partial charge >= 0.3 is 0 Å². The van der Waals surface area contributed by atoms with Crippen molar-refractivity contribution < 1.29 is 0 Å². The molecule has 2 heterocycles. The van der Waals surface area contributed by atoms with Crippen molar-refractivity contribution in [2.75, 3.05) is 0 Å². The zero-order chi connectivity index (χ0) is 28.3. The molecule has 200 valence electrons. The molecule has 0 fully saturated rings. The molecule has 4 heteroatoms. The van der Waals surface area contributed by atoms with Gasteiger partial charge in [-0.1, -0.05) is 115 Å². The zero-order valence-electron chi connectivity index (χ0n) is 23.0. The number of fused-ring (bicyclic) bond motifs is 9. The normalized spacial score (nSPS) is 11.7. The monoisotopic (exact) mass is 565 g/mol. The van der Waals surface area contributed by atoms with Crippen molar-refractivity contribution in [1.29, 1.82) is 0 Å². The van der Waals surface area contributed by atoms with Crippen LogP contribution < -0.4 is 0 Å². The van der Waals surface area contributed by atoms with Crippen LogP contribution in [0.25, 0.3) is 86.7 Å². The van der Waals surface area contributed by atoms with Gasteiger partial charge in [0.05, 0.1) is 0 Å². The van der Waals surface area contributed by atoms with Crippen LogP contribution in [0.15, 0.2) is 140 Å². The summed E-state index contributed by atoms with van der Waals surface area (Å²) in [6.07, 6.45) is 0. The van der Waals surface area contributed by atoms with Gasteiger partial charge in [0.15, 0.2) is 17.5 Å². The average molecular weight is 566 g/mol. The van der Waals surface area contributed by atoms with Crippen molar-refractivity contribution in [3.63, 3.8) is 0 Å². The van der Waals surface area contributed by atoms with Gasteiger partial charge in [-0.05, 0) is 56.6 Å². The van der Waals surface area contributed by atoms with Crippen LogP contribution in [0.4, 0.5) is 0 Å². The quantitative estimate of drug-likeness (QED) is 0.200. The van der Waals surface area contributed by atoms with E-state index in [0.717, 1.165) is 16.7 Å². The van der Waals surface area contributed by atoms with Crippen molar-refractivity contribution in [2.24, 2.45) is 0 Å². The molecular weight excluding hydrogens is 543 g/mol. The Hall–Kier alpha value is -5.45. The standard InChI is InChI=1S/C39H23N3S/c1-3-11-24(12-4-1)37-40-38(25-13-5-2-6-14-25)42-39(41-37)26-19-20-29-31(21-26)27-15-7-8-16-28(27)32-22-34-30-17-9-10-18-35(30)43-36(34)23-33(29)32/h1-23H. The third kappa shape index (κ3) is 3.92. The van der Waals surface area contributed by atoms with Crippen LogP contribution in [0, 0.1) is 0 Å². The van der Waals surface area contributed by atoms with Crippen LogP contribution in [0.2, 0.25) is 0 Å². The molecule has 0 spiro atoms.